The first-order valence-corrected chi connectivity index (χ1v) is 6.41. The van der Waals surface area contributed by atoms with Crippen LogP contribution >= 0.6 is 0 Å². The average Bonchev–Trinajstić information content (AvgIpc) is 2.34. The molecule has 0 radical (unpaired) electrons. The second kappa shape index (κ2) is 16.8. The molecule has 16 heavy (non-hydrogen) atoms. The Morgan fingerprint density at radius 3 is 2.44 bits per heavy atom. The van der Waals surface area contributed by atoms with E-state index in [1.807, 2.05) is 27.7 Å². The molecule has 0 aromatic rings. The van der Waals surface area contributed by atoms with Gasteiger partial charge in [-0.3, -0.25) is 0 Å². The molecule has 0 amide bonds. The van der Waals surface area contributed by atoms with Gasteiger partial charge in [0.15, 0.2) is 0 Å². The molecule has 0 spiro atoms. The topological polar surface area (TPSA) is 21.3 Å². The predicted molar refractivity (Wildman–Crippen MR) is 73.9 cm³/mol. The summed E-state index contributed by atoms with van der Waals surface area (Å²) in [4.78, 5) is 0. The van der Waals surface area contributed by atoms with Crippen LogP contribution in [0.4, 0.5) is 0 Å². The van der Waals surface area contributed by atoms with E-state index < -0.39 is 0 Å². The van der Waals surface area contributed by atoms with Gasteiger partial charge in [-0.1, -0.05) is 32.1 Å². The molecule has 0 aliphatic carbocycles. The molecule has 0 aliphatic heterocycles. The van der Waals surface area contributed by atoms with Crippen molar-refractivity contribution in [1.82, 2.24) is 5.32 Å². The molecule has 0 heterocycles. The first kappa shape index (κ1) is 17.8. The second-order valence-corrected chi connectivity index (χ2v) is 3.09. The van der Waals surface area contributed by atoms with E-state index in [9.17, 15) is 0 Å². The number of rotatable bonds is 8. The van der Waals surface area contributed by atoms with Gasteiger partial charge >= 0.3 is 0 Å². The molecule has 0 aromatic heterocycles. The predicted octanol–water partition coefficient (Wildman–Crippen LogP) is 3.55. The van der Waals surface area contributed by atoms with Crippen LogP contribution in [0, 0.1) is 0 Å². The Balaban J connectivity index is 0. The summed E-state index contributed by atoms with van der Waals surface area (Å²) in [6.45, 7) is 13.8. The van der Waals surface area contributed by atoms with Crippen LogP contribution in [0.2, 0.25) is 0 Å². The zero-order valence-corrected chi connectivity index (χ0v) is 11.7. The normalized spacial score (nSPS) is 11.4. The summed E-state index contributed by atoms with van der Waals surface area (Å²) in [5.41, 5.74) is 1.34. The molecule has 0 saturated carbocycles. The lowest BCUT2D eigenvalue weighted by molar-refractivity contribution is 0.145. The number of allylic oxidation sites excluding steroid dienone is 2. The van der Waals surface area contributed by atoms with E-state index in [1.165, 1.54) is 5.57 Å². The highest BCUT2D eigenvalue weighted by molar-refractivity contribution is 5.18. The van der Waals surface area contributed by atoms with E-state index >= 15 is 0 Å². The Bertz CT molecular complexity index is 174. The molecule has 0 fully saturated rings. The van der Waals surface area contributed by atoms with Crippen molar-refractivity contribution in [2.45, 2.75) is 41.0 Å². The molecular weight excluding hydrogens is 198 g/mol. The molecular formula is C14H29NO. The van der Waals surface area contributed by atoms with Gasteiger partial charge in [0.2, 0.25) is 0 Å². The largest absolute Gasteiger partial charge is 0.382 e. The summed E-state index contributed by atoms with van der Waals surface area (Å²) in [5, 5.41) is 3.38. The highest BCUT2D eigenvalue weighted by atomic mass is 16.5. The van der Waals surface area contributed by atoms with Crippen molar-refractivity contribution in [2.24, 2.45) is 0 Å². The van der Waals surface area contributed by atoms with Crippen molar-refractivity contribution in [3.05, 3.63) is 23.8 Å². The maximum absolute atomic E-state index is 5.25. The highest BCUT2D eigenvalue weighted by Crippen LogP contribution is 1.94. The summed E-state index contributed by atoms with van der Waals surface area (Å²) in [5.74, 6) is 0. The number of hydrogen-bond donors (Lipinski definition) is 1. The summed E-state index contributed by atoms with van der Waals surface area (Å²) in [6.07, 6.45) is 7.42. The summed E-state index contributed by atoms with van der Waals surface area (Å²) >= 11 is 0. The van der Waals surface area contributed by atoms with Crippen LogP contribution in [0.5, 0.6) is 0 Å². The van der Waals surface area contributed by atoms with E-state index in [4.69, 9.17) is 4.74 Å². The van der Waals surface area contributed by atoms with Crippen LogP contribution in [-0.2, 0) is 4.74 Å². The Morgan fingerprint density at radius 2 is 1.94 bits per heavy atom. The molecule has 0 bridgehead atoms. The minimum atomic E-state index is 0.818. The minimum Gasteiger partial charge on any atom is -0.382 e. The number of nitrogens with one attached hydrogen (secondary N) is 1. The third-order valence-electron chi connectivity index (χ3n) is 1.93. The Kier molecular flexibility index (Phi) is 18.7. The summed E-state index contributed by atoms with van der Waals surface area (Å²) < 4.78 is 5.25. The lowest BCUT2D eigenvalue weighted by Gasteiger charge is -2.05. The second-order valence-electron chi connectivity index (χ2n) is 3.09. The Labute approximate surface area is 102 Å². The van der Waals surface area contributed by atoms with Gasteiger partial charge < -0.3 is 10.1 Å². The molecule has 96 valence electrons. The molecule has 2 heteroatoms. The smallest absolute Gasteiger partial charge is 0.0477 e. The molecule has 0 saturated heterocycles. The van der Waals surface area contributed by atoms with Crippen molar-refractivity contribution in [3.8, 4) is 0 Å². The van der Waals surface area contributed by atoms with Gasteiger partial charge in [0.25, 0.3) is 0 Å². The Morgan fingerprint density at radius 1 is 1.25 bits per heavy atom. The van der Waals surface area contributed by atoms with Crippen LogP contribution in [0.3, 0.4) is 0 Å². The van der Waals surface area contributed by atoms with Gasteiger partial charge in [-0.25, -0.2) is 0 Å². The minimum absolute atomic E-state index is 0.818. The fourth-order valence-electron chi connectivity index (χ4n) is 1.15. The molecule has 0 atom stereocenters. The highest BCUT2D eigenvalue weighted by Gasteiger charge is 1.90. The molecule has 1 N–H and O–H groups in total. The SMILES string of the molecule is C/C=C\C(=C/C)CNCCCOCC.CC. The summed E-state index contributed by atoms with van der Waals surface area (Å²) in [7, 11) is 0. The molecule has 0 aromatic carbocycles. The molecule has 0 aliphatic rings. The summed E-state index contributed by atoms with van der Waals surface area (Å²) in [6, 6.07) is 0. The third-order valence-corrected chi connectivity index (χ3v) is 1.93. The number of hydrogen-bond acceptors (Lipinski definition) is 2. The molecule has 0 rings (SSSR count). The molecule has 0 unspecified atom stereocenters. The average molecular weight is 227 g/mol. The monoisotopic (exact) mass is 227 g/mol. The van der Waals surface area contributed by atoms with Crippen molar-refractivity contribution < 1.29 is 4.74 Å². The van der Waals surface area contributed by atoms with E-state index in [1.54, 1.807) is 0 Å². The van der Waals surface area contributed by atoms with E-state index in [0.717, 1.165) is 32.7 Å². The van der Waals surface area contributed by atoms with E-state index in [0.29, 0.717) is 0 Å². The van der Waals surface area contributed by atoms with E-state index in [2.05, 4.69) is 30.5 Å². The first-order chi connectivity index (χ1) is 7.85. The van der Waals surface area contributed by atoms with Crippen molar-refractivity contribution >= 4 is 0 Å². The lowest BCUT2D eigenvalue weighted by atomic mass is 10.2. The number of ether oxygens (including phenoxy) is 1. The molecule has 2 nitrogen and oxygen atoms in total. The van der Waals surface area contributed by atoms with E-state index in [-0.39, 0.29) is 0 Å². The van der Waals surface area contributed by atoms with Gasteiger partial charge in [-0.05, 0) is 39.3 Å². The standard InChI is InChI=1S/C12H23NO.C2H6/c1-4-8-12(5-2)11-13-9-7-10-14-6-3;1-2/h4-5,8,13H,6-7,9-11H2,1-3H3;1-2H3/b8-4-,12-5+;. The van der Waals surface area contributed by atoms with Crippen LogP contribution < -0.4 is 5.32 Å². The maximum Gasteiger partial charge on any atom is 0.0477 e. The van der Waals surface area contributed by atoms with Gasteiger partial charge in [-0.15, -0.1) is 0 Å². The van der Waals surface area contributed by atoms with Gasteiger partial charge in [0.1, 0.15) is 0 Å². The van der Waals surface area contributed by atoms with Crippen LogP contribution in [0.1, 0.15) is 41.0 Å². The first-order valence-electron chi connectivity index (χ1n) is 6.41. The zero-order chi connectivity index (χ0) is 12.6. The lowest BCUT2D eigenvalue weighted by Crippen LogP contribution is -2.19. The Hall–Kier alpha value is -0.600. The van der Waals surface area contributed by atoms with Crippen LogP contribution in [0.25, 0.3) is 0 Å². The fourth-order valence-corrected chi connectivity index (χ4v) is 1.15. The van der Waals surface area contributed by atoms with Crippen molar-refractivity contribution in [2.75, 3.05) is 26.3 Å². The maximum atomic E-state index is 5.25. The van der Waals surface area contributed by atoms with Gasteiger partial charge in [-0.2, -0.15) is 0 Å². The zero-order valence-electron chi connectivity index (χ0n) is 11.7. The third kappa shape index (κ3) is 13.4. The van der Waals surface area contributed by atoms with Crippen LogP contribution in [-0.4, -0.2) is 26.3 Å². The fraction of sp³-hybridized carbons (Fsp3) is 0.714. The van der Waals surface area contributed by atoms with Crippen molar-refractivity contribution in [1.29, 1.82) is 0 Å². The van der Waals surface area contributed by atoms with Crippen LogP contribution in [0.15, 0.2) is 23.8 Å². The van der Waals surface area contributed by atoms with Gasteiger partial charge in [0, 0.05) is 19.8 Å². The van der Waals surface area contributed by atoms with Crippen molar-refractivity contribution in [3.63, 3.8) is 0 Å². The quantitative estimate of drug-likeness (QED) is 0.506. The van der Waals surface area contributed by atoms with Gasteiger partial charge in [0.05, 0.1) is 0 Å².